The van der Waals surface area contributed by atoms with E-state index in [1.165, 1.54) is 0 Å². The van der Waals surface area contributed by atoms with Crippen LogP contribution in [0.5, 0.6) is 5.75 Å². The van der Waals surface area contributed by atoms with E-state index in [1.807, 2.05) is 18.2 Å². The first-order chi connectivity index (χ1) is 7.80. The normalized spacial score (nSPS) is 10.6. The molecule has 0 fully saturated rings. The summed E-state index contributed by atoms with van der Waals surface area (Å²) in [7, 11) is 1.66. The monoisotopic (exact) mass is 217 g/mol. The Kier molecular flexibility index (Phi) is 2.95. The molecule has 0 amide bonds. The molecular formula is C13H15NO2. The molecule has 1 aromatic carbocycles. The third-order valence-electron chi connectivity index (χ3n) is 2.81. The number of fused-ring (bicyclic) bond motifs is 1. The van der Waals surface area contributed by atoms with Crippen molar-refractivity contribution < 1.29 is 9.53 Å². The van der Waals surface area contributed by atoms with Gasteiger partial charge in [0.1, 0.15) is 12.0 Å². The number of aldehydes is 1. The fraction of sp³-hybridized carbons (Fsp3) is 0.308. The Morgan fingerprint density at radius 3 is 2.81 bits per heavy atom. The second-order valence-corrected chi connectivity index (χ2v) is 3.68. The number of hydrogen-bond acceptors (Lipinski definition) is 2. The highest BCUT2D eigenvalue weighted by Crippen LogP contribution is 2.24. The fourth-order valence-electron chi connectivity index (χ4n) is 2.05. The zero-order valence-corrected chi connectivity index (χ0v) is 9.56. The van der Waals surface area contributed by atoms with Crippen LogP contribution in [-0.4, -0.2) is 18.0 Å². The highest BCUT2D eigenvalue weighted by molar-refractivity contribution is 5.83. The molecule has 0 aliphatic heterocycles. The van der Waals surface area contributed by atoms with Crippen LogP contribution in [0.25, 0.3) is 10.9 Å². The first-order valence-electron chi connectivity index (χ1n) is 5.40. The quantitative estimate of drug-likeness (QED) is 0.736. The minimum Gasteiger partial charge on any atom is -0.497 e. The van der Waals surface area contributed by atoms with Crippen molar-refractivity contribution in [2.75, 3.05) is 7.11 Å². The standard InChI is InChI=1S/C13H15NO2/c1-3-14-11(6-7-15)8-10-4-5-12(16-2)9-13(10)14/h4-5,7-9H,3,6H2,1-2H3. The van der Waals surface area contributed by atoms with E-state index in [1.54, 1.807) is 7.11 Å². The van der Waals surface area contributed by atoms with Gasteiger partial charge in [0.25, 0.3) is 0 Å². The van der Waals surface area contributed by atoms with Gasteiger partial charge in [-0.3, -0.25) is 0 Å². The van der Waals surface area contributed by atoms with Crippen molar-refractivity contribution in [3.8, 4) is 5.75 Å². The highest BCUT2D eigenvalue weighted by atomic mass is 16.5. The van der Waals surface area contributed by atoms with E-state index in [2.05, 4.69) is 17.6 Å². The van der Waals surface area contributed by atoms with Crippen molar-refractivity contribution in [3.05, 3.63) is 30.0 Å². The molecule has 2 aromatic rings. The number of methoxy groups -OCH3 is 1. The number of rotatable bonds is 4. The molecule has 0 saturated carbocycles. The predicted octanol–water partition coefficient (Wildman–Crippen LogP) is 2.41. The molecule has 0 saturated heterocycles. The largest absolute Gasteiger partial charge is 0.497 e. The van der Waals surface area contributed by atoms with Gasteiger partial charge >= 0.3 is 0 Å². The SMILES string of the molecule is CCn1c(CC=O)cc2ccc(OC)cc21. The summed E-state index contributed by atoms with van der Waals surface area (Å²) < 4.78 is 7.35. The van der Waals surface area contributed by atoms with Crippen molar-refractivity contribution in [2.24, 2.45) is 0 Å². The van der Waals surface area contributed by atoms with Crippen molar-refractivity contribution >= 4 is 17.2 Å². The predicted molar refractivity (Wildman–Crippen MR) is 63.9 cm³/mol. The maximum atomic E-state index is 10.6. The van der Waals surface area contributed by atoms with Gasteiger partial charge in [-0.2, -0.15) is 0 Å². The van der Waals surface area contributed by atoms with Gasteiger partial charge in [-0.15, -0.1) is 0 Å². The zero-order valence-electron chi connectivity index (χ0n) is 9.56. The third-order valence-corrected chi connectivity index (χ3v) is 2.81. The van der Waals surface area contributed by atoms with Crippen LogP contribution < -0.4 is 4.74 Å². The molecule has 2 rings (SSSR count). The van der Waals surface area contributed by atoms with Crippen LogP contribution in [0.2, 0.25) is 0 Å². The summed E-state index contributed by atoms with van der Waals surface area (Å²) in [4.78, 5) is 10.6. The van der Waals surface area contributed by atoms with Crippen LogP contribution >= 0.6 is 0 Å². The van der Waals surface area contributed by atoms with Gasteiger partial charge in [-0.05, 0) is 25.1 Å². The summed E-state index contributed by atoms with van der Waals surface area (Å²) in [6.07, 6.45) is 1.41. The number of benzene rings is 1. The minimum absolute atomic E-state index is 0.463. The van der Waals surface area contributed by atoms with E-state index in [4.69, 9.17) is 4.74 Å². The topological polar surface area (TPSA) is 31.2 Å². The Balaban J connectivity index is 2.63. The smallest absolute Gasteiger partial charge is 0.125 e. The van der Waals surface area contributed by atoms with Crippen LogP contribution in [0.1, 0.15) is 12.6 Å². The molecular weight excluding hydrogens is 202 g/mol. The highest BCUT2D eigenvalue weighted by Gasteiger charge is 2.07. The van der Waals surface area contributed by atoms with Gasteiger partial charge in [0, 0.05) is 30.1 Å². The number of ether oxygens (including phenoxy) is 1. The second kappa shape index (κ2) is 4.39. The molecule has 0 spiro atoms. The summed E-state index contributed by atoms with van der Waals surface area (Å²) >= 11 is 0. The molecule has 0 unspecified atom stereocenters. The lowest BCUT2D eigenvalue weighted by Gasteiger charge is -2.06. The maximum absolute atomic E-state index is 10.6. The van der Waals surface area contributed by atoms with Gasteiger partial charge in [0.05, 0.1) is 12.6 Å². The molecule has 0 radical (unpaired) electrons. The van der Waals surface area contributed by atoms with Crippen LogP contribution in [0.4, 0.5) is 0 Å². The lowest BCUT2D eigenvalue weighted by Crippen LogP contribution is -2.00. The van der Waals surface area contributed by atoms with E-state index in [9.17, 15) is 4.79 Å². The molecule has 0 bridgehead atoms. The molecule has 84 valence electrons. The second-order valence-electron chi connectivity index (χ2n) is 3.68. The molecule has 0 N–H and O–H groups in total. The Morgan fingerprint density at radius 1 is 1.38 bits per heavy atom. The van der Waals surface area contributed by atoms with Crippen molar-refractivity contribution in [2.45, 2.75) is 19.9 Å². The lowest BCUT2D eigenvalue weighted by molar-refractivity contribution is -0.107. The van der Waals surface area contributed by atoms with Crippen molar-refractivity contribution in [3.63, 3.8) is 0 Å². The van der Waals surface area contributed by atoms with Crippen LogP contribution in [-0.2, 0) is 17.8 Å². The Morgan fingerprint density at radius 2 is 2.19 bits per heavy atom. The van der Waals surface area contributed by atoms with Crippen molar-refractivity contribution in [1.29, 1.82) is 0 Å². The number of aryl methyl sites for hydroxylation is 1. The number of aromatic nitrogens is 1. The van der Waals surface area contributed by atoms with E-state index in [0.29, 0.717) is 6.42 Å². The van der Waals surface area contributed by atoms with Gasteiger partial charge in [0.15, 0.2) is 0 Å². The van der Waals surface area contributed by atoms with Crippen LogP contribution in [0.15, 0.2) is 24.3 Å². The first-order valence-corrected chi connectivity index (χ1v) is 5.40. The van der Waals surface area contributed by atoms with Gasteiger partial charge in [0.2, 0.25) is 0 Å². The molecule has 1 aromatic heterocycles. The fourth-order valence-corrected chi connectivity index (χ4v) is 2.05. The zero-order chi connectivity index (χ0) is 11.5. The molecule has 16 heavy (non-hydrogen) atoms. The molecule has 0 aliphatic carbocycles. The molecule has 3 heteroatoms. The first kappa shape index (κ1) is 10.7. The van der Waals surface area contributed by atoms with Gasteiger partial charge < -0.3 is 14.1 Å². The molecule has 0 aliphatic rings. The average Bonchev–Trinajstić information content (AvgIpc) is 2.65. The van der Waals surface area contributed by atoms with Crippen LogP contribution in [0, 0.1) is 0 Å². The summed E-state index contributed by atoms with van der Waals surface area (Å²) in [5.74, 6) is 0.845. The molecule has 3 nitrogen and oxygen atoms in total. The van der Waals surface area contributed by atoms with Gasteiger partial charge in [-0.25, -0.2) is 0 Å². The number of nitrogens with zero attached hydrogens (tertiary/aromatic N) is 1. The number of hydrogen-bond donors (Lipinski definition) is 0. The third kappa shape index (κ3) is 1.69. The maximum Gasteiger partial charge on any atom is 0.125 e. The summed E-state index contributed by atoms with van der Waals surface area (Å²) in [6.45, 7) is 2.94. The summed E-state index contributed by atoms with van der Waals surface area (Å²) in [5.41, 5.74) is 2.18. The van der Waals surface area contributed by atoms with E-state index < -0.39 is 0 Å². The van der Waals surface area contributed by atoms with Gasteiger partial charge in [-0.1, -0.05) is 0 Å². The lowest BCUT2D eigenvalue weighted by atomic mass is 10.2. The van der Waals surface area contributed by atoms with E-state index >= 15 is 0 Å². The summed E-state index contributed by atoms with van der Waals surface area (Å²) in [6, 6.07) is 8.03. The van der Waals surface area contributed by atoms with E-state index in [-0.39, 0.29) is 0 Å². The Hall–Kier alpha value is -1.77. The Labute approximate surface area is 94.6 Å². The summed E-state index contributed by atoms with van der Waals surface area (Å²) in [5, 5.41) is 1.15. The van der Waals surface area contributed by atoms with Crippen molar-refractivity contribution in [1.82, 2.24) is 4.57 Å². The number of carbonyl (C=O) groups is 1. The Bertz CT molecular complexity index is 514. The minimum atomic E-state index is 0.463. The number of carbonyl (C=O) groups excluding carboxylic acids is 1. The molecule has 0 atom stereocenters. The van der Waals surface area contributed by atoms with Crippen LogP contribution in [0.3, 0.4) is 0 Å². The van der Waals surface area contributed by atoms with E-state index in [0.717, 1.165) is 35.2 Å². The molecule has 1 heterocycles. The average molecular weight is 217 g/mol.